The van der Waals surface area contributed by atoms with Gasteiger partial charge in [-0.15, -0.1) is 0 Å². The van der Waals surface area contributed by atoms with E-state index in [2.05, 4.69) is 0 Å². The highest BCUT2D eigenvalue weighted by molar-refractivity contribution is 5.75. The second-order valence-electron chi connectivity index (χ2n) is 3.75. The summed E-state index contributed by atoms with van der Waals surface area (Å²) in [5.41, 5.74) is 6.47. The summed E-state index contributed by atoms with van der Waals surface area (Å²) in [6.07, 6.45) is -1.37. The SMILES string of the molecule is CCOCCOC(=O)C(O)[C@H](N)c1ccccc1. The maximum Gasteiger partial charge on any atom is 0.337 e. The molecule has 0 saturated heterocycles. The van der Waals surface area contributed by atoms with Crippen LogP contribution in [0.2, 0.25) is 0 Å². The van der Waals surface area contributed by atoms with Gasteiger partial charge in [0, 0.05) is 6.61 Å². The van der Waals surface area contributed by atoms with Crippen LogP contribution in [0.5, 0.6) is 0 Å². The van der Waals surface area contributed by atoms with Gasteiger partial charge in [0.15, 0.2) is 6.10 Å². The number of carbonyl (C=O) groups is 1. The summed E-state index contributed by atoms with van der Waals surface area (Å²) >= 11 is 0. The summed E-state index contributed by atoms with van der Waals surface area (Å²) in [7, 11) is 0. The van der Waals surface area contributed by atoms with Crippen molar-refractivity contribution < 1.29 is 19.4 Å². The zero-order valence-electron chi connectivity index (χ0n) is 10.4. The van der Waals surface area contributed by atoms with Gasteiger partial charge in [0.1, 0.15) is 6.61 Å². The summed E-state index contributed by atoms with van der Waals surface area (Å²) in [5.74, 6) is -0.731. The minimum absolute atomic E-state index is 0.116. The molecule has 1 unspecified atom stereocenters. The van der Waals surface area contributed by atoms with E-state index < -0.39 is 18.1 Å². The van der Waals surface area contributed by atoms with Crippen LogP contribution in [0.25, 0.3) is 0 Å². The van der Waals surface area contributed by atoms with Crippen LogP contribution in [0.4, 0.5) is 0 Å². The molecule has 0 saturated carbocycles. The average Bonchev–Trinajstić information content (AvgIpc) is 2.42. The van der Waals surface area contributed by atoms with Crippen LogP contribution in [-0.4, -0.2) is 37.0 Å². The lowest BCUT2D eigenvalue weighted by molar-refractivity contribution is -0.156. The van der Waals surface area contributed by atoms with Crippen LogP contribution in [0, 0.1) is 0 Å². The number of rotatable bonds is 7. The third kappa shape index (κ3) is 4.44. The van der Waals surface area contributed by atoms with Gasteiger partial charge in [-0.1, -0.05) is 30.3 Å². The molecule has 3 N–H and O–H groups in total. The molecule has 1 rings (SSSR count). The number of hydrogen-bond acceptors (Lipinski definition) is 5. The highest BCUT2D eigenvalue weighted by Crippen LogP contribution is 2.14. The topological polar surface area (TPSA) is 81.8 Å². The fraction of sp³-hybridized carbons (Fsp3) is 0.462. The van der Waals surface area contributed by atoms with E-state index in [1.807, 2.05) is 13.0 Å². The molecule has 0 spiro atoms. The molecule has 0 amide bonds. The first-order valence-corrected chi connectivity index (χ1v) is 5.89. The fourth-order valence-corrected chi connectivity index (χ4v) is 1.44. The molecule has 1 aromatic carbocycles. The van der Waals surface area contributed by atoms with Crippen LogP contribution in [0.3, 0.4) is 0 Å². The summed E-state index contributed by atoms with van der Waals surface area (Å²) in [4.78, 5) is 11.5. The molecular formula is C13H19NO4. The molecule has 0 aliphatic rings. The first kappa shape index (κ1) is 14.6. The van der Waals surface area contributed by atoms with Crippen molar-refractivity contribution in [2.45, 2.75) is 19.1 Å². The van der Waals surface area contributed by atoms with Crippen molar-refractivity contribution in [1.29, 1.82) is 0 Å². The Balaban J connectivity index is 2.43. The van der Waals surface area contributed by atoms with Gasteiger partial charge >= 0.3 is 5.97 Å². The Morgan fingerprint density at radius 1 is 1.33 bits per heavy atom. The molecular weight excluding hydrogens is 234 g/mol. The third-order valence-corrected chi connectivity index (χ3v) is 2.44. The Bertz CT molecular complexity index is 355. The van der Waals surface area contributed by atoms with Gasteiger partial charge in [0.2, 0.25) is 0 Å². The van der Waals surface area contributed by atoms with E-state index in [4.69, 9.17) is 15.2 Å². The molecule has 0 aliphatic carbocycles. The fourth-order valence-electron chi connectivity index (χ4n) is 1.44. The molecule has 18 heavy (non-hydrogen) atoms. The van der Waals surface area contributed by atoms with Crippen molar-refractivity contribution in [3.63, 3.8) is 0 Å². The first-order valence-electron chi connectivity index (χ1n) is 5.89. The van der Waals surface area contributed by atoms with Crippen LogP contribution in [0.1, 0.15) is 18.5 Å². The van der Waals surface area contributed by atoms with Crippen LogP contribution in [-0.2, 0) is 14.3 Å². The van der Waals surface area contributed by atoms with Crippen molar-refractivity contribution in [3.8, 4) is 0 Å². The smallest absolute Gasteiger partial charge is 0.337 e. The second-order valence-corrected chi connectivity index (χ2v) is 3.75. The molecule has 0 radical (unpaired) electrons. The third-order valence-electron chi connectivity index (χ3n) is 2.44. The van der Waals surface area contributed by atoms with E-state index in [9.17, 15) is 9.90 Å². The highest BCUT2D eigenvalue weighted by Gasteiger charge is 2.25. The largest absolute Gasteiger partial charge is 0.461 e. The monoisotopic (exact) mass is 253 g/mol. The Morgan fingerprint density at radius 3 is 2.61 bits per heavy atom. The number of aliphatic hydroxyl groups is 1. The Labute approximate surface area is 107 Å². The second kappa shape index (κ2) is 7.81. The van der Waals surface area contributed by atoms with Crippen molar-refractivity contribution >= 4 is 5.97 Å². The number of aliphatic hydroxyl groups excluding tert-OH is 1. The molecule has 0 aromatic heterocycles. The van der Waals surface area contributed by atoms with E-state index in [-0.39, 0.29) is 6.61 Å². The van der Waals surface area contributed by atoms with Gasteiger partial charge in [0.05, 0.1) is 12.6 Å². The molecule has 2 atom stereocenters. The first-order chi connectivity index (χ1) is 8.66. The normalized spacial score (nSPS) is 13.9. The van der Waals surface area contributed by atoms with Gasteiger partial charge in [-0.2, -0.15) is 0 Å². The maximum absolute atomic E-state index is 11.5. The summed E-state index contributed by atoms with van der Waals surface area (Å²) in [6, 6.07) is 8.14. The highest BCUT2D eigenvalue weighted by atomic mass is 16.6. The average molecular weight is 253 g/mol. The Hall–Kier alpha value is -1.43. The van der Waals surface area contributed by atoms with Crippen molar-refractivity contribution in [2.75, 3.05) is 19.8 Å². The van der Waals surface area contributed by atoms with E-state index in [1.165, 1.54) is 0 Å². The predicted molar refractivity (Wildman–Crippen MR) is 66.8 cm³/mol. The molecule has 0 fully saturated rings. The molecule has 5 heteroatoms. The number of nitrogens with two attached hydrogens (primary N) is 1. The number of ether oxygens (including phenoxy) is 2. The van der Waals surface area contributed by atoms with Crippen molar-refractivity contribution in [1.82, 2.24) is 0 Å². The van der Waals surface area contributed by atoms with Gasteiger partial charge in [0.25, 0.3) is 0 Å². The standard InChI is InChI=1S/C13H19NO4/c1-2-17-8-9-18-13(16)12(15)11(14)10-6-4-3-5-7-10/h3-7,11-12,15H,2,8-9,14H2,1H3/t11-,12?/m1/s1. The summed E-state index contributed by atoms with van der Waals surface area (Å²) < 4.78 is 9.87. The molecule has 5 nitrogen and oxygen atoms in total. The maximum atomic E-state index is 11.5. The predicted octanol–water partition coefficient (Wildman–Crippen LogP) is 0.627. The van der Waals surface area contributed by atoms with Gasteiger partial charge in [-0.05, 0) is 12.5 Å². The summed E-state index contributed by atoms with van der Waals surface area (Å²) in [5, 5.41) is 9.76. The molecule has 100 valence electrons. The van der Waals surface area contributed by atoms with Crippen LogP contribution < -0.4 is 5.73 Å². The number of benzene rings is 1. The minimum atomic E-state index is -1.37. The molecule has 0 aliphatic heterocycles. The van der Waals surface area contributed by atoms with E-state index in [0.29, 0.717) is 18.8 Å². The van der Waals surface area contributed by atoms with Gasteiger partial charge in [-0.25, -0.2) is 4.79 Å². The lowest BCUT2D eigenvalue weighted by atomic mass is 10.0. The molecule has 0 bridgehead atoms. The number of esters is 1. The lowest BCUT2D eigenvalue weighted by Crippen LogP contribution is -2.35. The van der Waals surface area contributed by atoms with Crippen molar-refractivity contribution in [2.24, 2.45) is 5.73 Å². The van der Waals surface area contributed by atoms with E-state index in [1.54, 1.807) is 24.3 Å². The Morgan fingerprint density at radius 2 is 2.00 bits per heavy atom. The van der Waals surface area contributed by atoms with Crippen LogP contribution >= 0.6 is 0 Å². The van der Waals surface area contributed by atoms with Crippen molar-refractivity contribution in [3.05, 3.63) is 35.9 Å². The Kier molecular flexibility index (Phi) is 6.35. The number of carbonyl (C=O) groups excluding carboxylic acids is 1. The zero-order chi connectivity index (χ0) is 13.4. The van der Waals surface area contributed by atoms with E-state index >= 15 is 0 Å². The molecule has 0 heterocycles. The zero-order valence-corrected chi connectivity index (χ0v) is 10.4. The van der Waals surface area contributed by atoms with Gasteiger partial charge in [-0.3, -0.25) is 0 Å². The van der Waals surface area contributed by atoms with Crippen LogP contribution in [0.15, 0.2) is 30.3 Å². The molecule has 1 aromatic rings. The van der Waals surface area contributed by atoms with Gasteiger partial charge < -0.3 is 20.3 Å². The quantitative estimate of drug-likeness (QED) is 0.550. The van der Waals surface area contributed by atoms with E-state index in [0.717, 1.165) is 0 Å². The lowest BCUT2D eigenvalue weighted by Gasteiger charge is -2.17. The number of hydrogen-bond donors (Lipinski definition) is 2. The summed E-state index contributed by atoms with van der Waals surface area (Å²) in [6.45, 7) is 2.84. The minimum Gasteiger partial charge on any atom is -0.461 e.